The van der Waals surface area contributed by atoms with E-state index in [1.165, 1.54) is 5.56 Å². The lowest BCUT2D eigenvalue weighted by atomic mass is 10.1. The minimum absolute atomic E-state index is 0.383. The van der Waals surface area contributed by atoms with Gasteiger partial charge in [0.2, 0.25) is 0 Å². The average Bonchev–Trinajstić information content (AvgIpc) is 2.49. The topological polar surface area (TPSA) is 24.9 Å². The predicted octanol–water partition coefficient (Wildman–Crippen LogP) is 3.91. The molecular weight excluding hydrogens is 252 g/mol. The van der Waals surface area contributed by atoms with E-state index in [9.17, 15) is 0 Å². The van der Waals surface area contributed by atoms with Gasteiger partial charge in [0.25, 0.3) is 0 Å². The van der Waals surface area contributed by atoms with Gasteiger partial charge in [0.1, 0.15) is 0 Å². The van der Waals surface area contributed by atoms with Gasteiger partial charge in [0.15, 0.2) is 0 Å². The SMILES string of the molecule is CCCNC(CSc1ccccn1)c1ccccc1. The molecule has 0 radical (unpaired) electrons. The number of aromatic nitrogens is 1. The average molecular weight is 272 g/mol. The van der Waals surface area contributed by atoms with Gasteiger partial charge in [-0.2, -0.15) is 0 Å². The van der Waals surface area contributed by atoms with Crippen molar-refractivity contribution in [1.29, 1.82) is 0 Å². The first-order valence-electron chi connectivity index (χ1n) is 6.72. The zero-order valence-corrected chi connectivity index (χ0v) is 12.1. The van der Waals surface area contributed by atoms with Crippen molar-refractivity contribution in [3.8, 4) is 0 Å². The van der Waals surface area contributed by atoms with Crippen LogP contribution in [0.15, 0.2) is 59.8 Å². The number of rotatable bonds is 7. The maximum Gasteiger partial charge on any atom is 0.0960 e. The van der Waals surface area contributed by atoms with Crippen molar-refractivity contribution < 1.29 is 0 Å². The molecule has 100 valence electrons. The van der Waals surface area contributed by atoms with Crippen molar-refractivity contribution in [3.05, 3.63) is 60.3 Å². The minimum Gasteiger partial charge on any atom is -0.309 e. The van der Waals surface area contributed by atoms with Crippen LogP contribution >= 0.6 is 11.8 Å². The highest BCUT2D eigenvalue weighted by molar-refractivity contribution is 7.99. The Morgan fingerprint density at radius 3 is 2.58 bits per heavy atom. The number of thioether (sulfide) groups is 1. The van der Waals surface area contributed by atoms with E-state index in [-0.39, 0.29) is 0 Å². The summed E-state index contributed by atoms with van der Waals surface area (Å²) in [6, 6.07) is 17.1. The second-order valence-corrected chi connectivity index (χ2v) is 5.44. The van der Waals surface area contributed by atoms with E-state index < -0.39 is 0 Å². The molecule has 2 rings (SSSR count). The summed E-state index contributed by atoms with van der Waals surface area (Å²) in [6.45, 7) is 3.24. The molecule has 1 unspecified atom stereocenters. The van der Waals surface area contributed by atoms with Gasteiger partial charge in [-0.1, -0.05) is 43.3 Å². The number of pyridine rings is 1. The van der Waals surface area contributed by atoms with Gasteiger partial charge in [0.05, 0.1) is 5.03 Å². The third-order valence-corrected chi connectivity index (χ3v) is 3.92. The van der Waals surface area contributed by atoms with Crippen LogP contribution < -0.4 is 5.32 Å². The van der Waals surface area contributed by atoms with Gasteiger partial charge < -0.3 is 5.32 Å². The number of nitrogens with one attached hydrogen (secondary N) is 1. The molecule has 1 aromatic heterocycles. The number of nitrogens with zero attached hydrogens (tertiary/aromatic N) is 1. The van der Waals surface area contributed by atoms with Crippen LogP contribution in [0.3, 0.4) is 0 Å². The lowest BCUT2D eigenvalue weighted by molar-refractivity contribution is 0.577. The molecule has 1 aromatic carbocycles. The van der Waals surface area contributed by atoms with Crippen molar-refractivity contribution >= 4 is 11.8 Å². The van der Waals surface area contributed by atoms with E-state index in [1.807, 2.05) is 18.3 Å². The van der Waals surface area contributed by atoms with Crippen molar-refractivity contribution in [2.45, 2.75) is 24.4 Å². The zero-order chi connectivity index (χ0) is 13.3. The van der Waals surface area contributed by atoms with Gasteiger partial charge in [-0.3, -0.25) is 0 Å². The second-order valence-electron chi connectivity index (χ2n) is 4.40. The fourth-order valence-electron chi connectivity index (χ4n) is 1.88. The predicted molar refractivity (Wildman–Crippen MR) is 82.4 cm³/mol. The van der Waals surface area contributed by atoms with Crippen molar-refractivity contribution in [2.24, 2.45) is 0 Å². The highest BCUT2D eigenvalue weighted by Crippen LogP contribution is 2.23. The third-order valence-electron chi connectivity index (χ3n) is 2.88. The minimum atomic E-state index is 0.383. The fraction of sp³-hybridized carbons (Fsp3) is 0.312. The molecule has 19 heavy (non-hydrogen) atoms. The zero-order valence-electron chi connectivity index (χ0n) is 11.3. The molecule has 0 aliphatic heterocycles. The third kappa shape index (κ3) is 4.69. The molecule has 0 bridgehead atoms. The lowest BCUT2D eigenvalue weighted by Crippen LogP contribution is -2.24. The summed E-state index contributed by atoms with van der Waals surface area (Å²) in [7, 11) is 0. The van der Waals surface area contributed by atoms with E-state index >= 15 is 0 Å². The molecule has 0 amide bonds. The van der Waals surface area contributed by atoms with E-state index in [2.05, 4.69) is 53.6 Å². The van der Waals surface area contributed by atoms with Gasteiger partial charge in [-0.05, 0) is 30.7 Å². The van der Waals surface area contributed by atoms with Crippen molar-refractivity contribution in [3.63, 3.8) is 0 Å². The van der Waals surface area contributed by atoms with E-state index in [0.29, 0.717) is 6.04 Å². The highest BCUT2D eigenvalue weighted by Gasteiger charge is 2.10. The summed E-state index contributed by atoms with van der Waals surface area (Å²) in [4.78, 5) is 4.36. The quantitative estimate of drug-likeness (QED) is 0.773. The van der Waals surface area contributed by atoms with Crippen molar-refractivity contribution in [2.75, 3.05) is 12.3 Å². The lowest BCUT2D eigenvalue weighted by Gasteiger charge is -2.18. The summed E-state index contributed by atoms with van der Waals surface area (Å²) < 4.78 is 0. The van der Waals surface area contributed by atoms with Crippen LogP contribution in [-0.4, -0.2) is 17.3 Å². The van der Waals surface area contributed by atoms with E-state index in [4.69, 9.17) is 0 Å². The monoisotopic (exact) mass is 272 g/mol. The molecule has 1 atom stereocenters. The molecule has 0 saturated heterocycles. The van der Waals surface area contributed by atoms with Gasteiger partial charge in [-0.15, -0.1) is 11.8 Å². The molecule has 0 fully saturated rings. The van der Waals surface area contributed by atoms with Crippen molar-refractivity contribution in [1.82, 2.24) is 10.3 Å². The van der Waals surface area contributed by atoms with Gasteiger partial charge in [-0.25, -0.2) is 4.98 Å². The maximum absolute atomic E-state index is 4.36. The Hall–Kier alpha value is -1.32. The largest absolute Gasteiger partial charge is 0.309 e. The molecule has 0 saturated carbocycles. The Morgan fingerprint density at radius 2 is 1.89 bits per heavy atom. The van der Waals surface area contributed by atoms with Crippen LogP contribution in [0.25, 0.3) is 0 Å². The summed E-state index contributed by atoms with van der Waals surface area (Å²) in [5, 5.41) is 4.69. The smallest absolute Gasteiger partial charge is 0.0960 e. The molecule has 0 aliphatic carbocycles. The molecule has 3 heteroatoms. The molecule has 0 spiro atoms. The van der Waals surface area contributed by atoms with Crippen LogP contribution in [-0.2, 0) is 0 Å². The number of hydrogen-bond acceptors (Lipinski definition) is 3. The summed E-state index contributed by atoms with van der Waals surface area (Å²) in [5.41, 5.74) is 1.35. The summed E-state index contributed by atoms with van der Waals surface area (Å²) in [5.74, 6) is 1.00. The Bertz CT molecular complexity index is 459. The molecule has 2 nitrogen and oxygen atoms in total. The standard InChI is InChI=1S/C16H20N2S/c1-2-11-17-15(14-8-4-3-5-9-14)13-19-16-10-6-7-12-18-16/h3-10,12,15,17H,2,11,13H2,1H3. The Morgan fingerprint density at radius 1 is 1.11 bits per heavy atom. The van der Waals surface area contributed by atoms with Crippen LogP contribution in [0.2, 0.25) is 0 Å². The van der Waals surface area contributed by atoms with E-state index in [0.717, 1.165) is 23.7 Å². The number of hydrogen-bond donors (Lipinski definition) is 1. The molecule has 1 N–H and O–H groups in total. The maximum atomic E-state index is 4.36. The van der Waals surface area contributed by atoms with Gasteiger partial charge in [0, 0.05) is 18.0 Å². The number of benzene rings is 1. The van der Waals surface area contributed by atoms with Gasteiger partial charge >= 0.3 is 0 Å². The molecule has 1 heterocycles. The second kappa shape index (κ2) is 7.97. The summed E-state index contributed by atoms with van der Waals surface area (Å²) in [6.07, 6.45) is 3.00. The van der Waals surface area contributed by atoms with Crippen LogP contribution in [0.4, 0.5) is 0 Å². The first kappa shape index (κ1) is 14.1. The Balaban J connectivity index is 1.98. The van der Waals surface area contributed by atoms with E-state index in [1.54, 1.807) is 11.8 Å². The summed E-state index contributed by atoms with van der Waals surface area (Å²) >= 11 is 1.80. The molecule has 2 aromatic rings. The Kier molecular flexibility index (Phi) is 5.92. The Labute approximate surface area is 119 Å². The highest BCUT2D eigenvalue weighted by atomic mass is 32.2. The molecule has 0 aliphatic rings. The van der Waals surface area contributed by atoms with Crippen LogP contribution in [0.5, 0.6) is 0 Å². The molecular formula is C16H20N2S. The van der Waals surface area contributed by atoms with Crippen LogP contribution in [0, 0.1) is 0 Å². The normalized spacial score (nSPS) is 12.3. The fourth-order valence-corrected chi connectivity index (χ4v) is 2.84. The first-order chi connectivity index (χ1) is 9.40. The first-order valence-corrected chi connectivity index (χ1v) is 7.71. The van der Waals surface area contributed by atoms with Crippen LogP contribution in [0.1, 0.15) is 24.9 Å².